The lowest BCUT2D eigenvalue weighted by molar-refractivity contribution is 0.0953. The van der Waals surface area contributed by atoms with Crippen LogP contribution in [0.5, 0.6) is 5.75 Å². The summed E-state index contributed by atoms with van der Waals surface area (Å²) in [5.74, 6) is 0.169. The molecule has 2 heterocycles. The molecule has 0 fully saturated rings. The number of fused-ring (bicyclic) bond motifs is 1. The number of hydrogen-bond acceptors (Lipinski definition) is 4. The summed E-state index contributed by atoms with van der Waals surface area (Å²) in [5, 5.41) is 6.09. The Bertz CT molecular complexity index is 1010. The number of anilines is 1. The lowest BCUT2D eigenvalue weighted by atomic mass is 9.99. The largest absolute Gasteiger partial charge is 0.493 e. The normalized spacial score (nSPS) is 12.2. The number of rotatable bonds is 7. The fourth-order valence-corrected chi connectivity index (χ4v) is 3.35. The Hall–Kier alpha value is -3.41. The van der Waals surface area contributed by atoms with Gasteiger partial charge in [0, 0.05) is 37.5 Å². The molecule has 148 valence electrons. The molecular weight excluding hydrogens is 369 g/mol. The number of benzene rings is 2. The zero-order valence-corrected chi connectivity index (χ0v) is 16.0. The number of nitrogens with zero attached hydrogens (tertiary/aromatic N) is 1. The lowest BCUT2D eigenvalue weighted by Gasteiger charge is -2.10. The number of halogens is 1. The van der Waals surface area contributed by atoms with Gasteiger partial charge in [-0.15, -0.1) is 0 Å². The summed E-state index contributed by atoms with van der Waals surface area (Å²) in [4.78, 5) is 16.5. The zero-order chi connectivity index (χ0) is 20.1. The first-order valence-electron chi connectivity index (χ1n) is 9.68. The first kappa shape index (κ1) is 18.9. The SMILES string of the molecule is O=C(NCCCNc1cccnc1)c1cc(F)cc(-c2ccc3c(c2)CCO3)c1. The molecule has 29 heavy (non-hydrogen) atoms. The molecule has 0 atom stereocenters. The monoisotopic (exact) mass is 391 g/mol. The van der Waals surface area contributed by atoms with E-state index in [0.29, 0.717) is 30.8 Å². The van der Waals surface area contributed by atoms with Crippen molar-refractivity contribution in [2.75, 3.05) is 25.0 Å². The summed E-state index contributed by atoms with van der Waals surface area (Å²) in [5.41, 5.74) is 3.93. The van der Waals surface area contributed by atoms with Crippen molar-refractivity contribution in [3.8, 4) is 16.9 Å². The quantitative estimate of drug-likeness (QED) is 0.597. The van der Waals surface area contributed by atoms with E-state index in [1.807, 2.05) is 30.3 Å². The van der Waals surface area contributed by atoms with Gasteiger partial charge < -0.3 is 15.4 Å². The van der Waals surface area contributed by atoms with Gasteiger partial charge in [0.25, 0.3) is 5.91 Å². The molecule has 0 aliphatic carbocycles. The molecule has 1 aromatic heterocycles. The van der Waals surface area contributed by atoms with E-state index in [4.69, 9.17) is 4.74 Å². The summed E-state index contributed by atoms with van der Waals surface area (Å²) >= 11 is 0. The van der Waals surface area contributed by atoms with Gasteiger partial charge in [0.2, 0.25) is 0 Å². The third-order valence-corrected chi connectivity index (χ3v) is 4.81. The van der Waals surface area contributed by atoms with Crippen LogP contribution in [-0.2, 0) is 6.42 Å². The third kappa shape index (κ3) is 4.71. The van der Waals surface area contributed by atoms with Crippen molar-refractivity contribution in [2.24, 2.45) is 0 Å². The van der Waals surface area contributed by atoms with Crippen LogP contribution in [0.2, 0.25) is 0 Å². The van der Waals surface area contributed by atoms with E-state index in [1.165, 1.54) is 12.1 Å². The van der Waals surface area contributed by atoms with Crippen molar-refractivity contribution in [3.05, 3.63) is 77.9 Å². The molecule has 3 aromatic rings. The minimum absolute atomic E-state index is 0.281. The molecule has 0 bridgehead atoms. The Balaban J connectivity index is 1.36. The number of hydrogen-bond donors (Lipinski definition) is 2. The fourth-order valence-electron chi connectivity index (χ4n) is 3.35. The summed E-state index contributed by atoms with van der Waals surface area (Å²) < 4.78 is 19.7. The Morgan fingerprint density at radius 3 is 2.90 bits per heavy atom. The summed E-state index contributed by atoms with van der Waals surface area (Å²) in [6, 6.07) is 14.0. The average Bonchev–Trinajstić information content (AvgIpc) is 3.21. The molecule has 1 aliphatic rings. The van der Waals surface area contributed by atoms with Crippen LogP contribution in [0.25, 0.3) is 11.1 Å². The van der Waals surface area contributed by atoms with E-state index in [9.17, 15) is 9.18 Å². The molecule has 0 unspecified atom stereocenters. The molecule has 0 saturated carbocycles. The fraction of sp³-hybridized carbons (Fsp3) is 0.217. The van der Waals surface area contributed by atoms with Gasteiger partial charge in [-0.25, -0.2) is 4.39 Å². The van der Waals surface area contributed by atoms with Gasteiger partial charge in [0.1, 0.15) is 11.6 Å². The molecule has 2 aromatic carbocycles. The van der Waals surface area contributed by atoms with E-state index in [-0.39, 0.29) is 5.91 Å². The Morgan fingerprint density at radius 2 is 2.03 bits per heavy atom. The highest BCUT2D eigenvalue weighted by molar-refractivity contribution is 5.95. The van der Waals surface area contributed by atoms with Crippen molar-refractivity contribution in [1.29, 1.82) is 0 Å². The number of ether oxygens (including phenoxy) is 1. The molecule has 2 N–H and O–H groups in total. The number of nitrogens with one attached hydrogen (secondary N) is 2. The van der Waals surface area contributed by atoms with E-state index in [1.54, 1.807) is 18.5 Å². The third-order valence-electron chi connectivity index (χ3n) is 4.81. The van der Waals surface area contributed by atoms with E-state index >= 15 is 0 Å². The van der Waals surface area contributed by atoms with Crippen LogP contribution in [0.4, 0.5) is 10.1 Å². The molecule has 0 radical (unpaired) electrons. The van der Waals surface area contributed by atoms with Crippen LogP contribution in [0, 0.1) is 5.82 Å². The minimum Gasteiger partial charge on any atom is -0.493 e. The Morgan fingerprint density at radius 1 is 1.10 bits per heavy atom. The van der Waals surface area contributed by atoms with Gasteiger partial charge in [-0.05, 0) is 65.6 Å². The lowest BCUT2D eigenvalue weighted by Crippen LogP contribution is -2.26. The van der Waals surface area contributed by atoms with Gasteiger partial charge >= 0.3 is 0 Å². The molecular formula is C23H22FN3O2. The van der Waals surface area contributed by atoms with Gasteiger partial charge in [-0.2, -0.15) is 0 Å². The van der Waals surface area contributed by atoms with Crippen LogP contribution in [0.3, 0.4) is 0 Å². The van der Waals surface area contributed by atoms with Crippen molar-refractivity contribution in [3.63, 3.8) is 0 Å². The summed E-state index contributed by atoms with van der Waals surface area (Å²) in [6.45, 7) is 1.87. The van der Waals surface area contributed by atoms with Crippen LogP contribution in [0.1, 0.15) is 22.3 Å². The van der Waals surface area contributed by atoms with Crippen molar-refractivity contribution in [1.82, 2.24) is 10.3 Å². The Kier molecular flexibility index (Phi) is 5.70. The van der Waals surface area contributed by atoms with Crippen molar-refractivity contribution < 1.29 is 13.9 Å². The van der Waals surface area contributed by atoms with Gasteiger partial charge in [-0.3, -0.25) is 9.78 Å². The second kappa shape index (κ2) is 8.73. The standard InChI is InChI=1S/C23H22FN3O2/c24-20-13-18(16-4-5-22-17(11-16)6-10-29-22)12-19(14-20)23(28)27-9-2-8-26-21-3-1-7-25-15-21/h1,3-5,7,11-15,26H,2,6,8-10H2,(H,27,28). The number of pyridine rings is 1. The van der Waals surface area contributed by atoms with E-state index in [2.05, 4.69) is 15.6 Å². The van der Waals surface area contributed by atoms with Crippen LogP contribution < -0.4 is 15.4 Å². The van der Waals surface area contributed by atoms with Crippen molar-refractivity contribution >= 4 is 11.6 Å². The number of carbonyl (C=O) groups excluding carboxylic acids is 1. The zero-order valence-electron chi connectivity index (χ0n) is 16.0. The van der Waals surface area contributed by atoms with Gasteiger partial charge in [0.05, 0.1) is 12.3 Å². The maximum Gasteiger partial charge on any atom is 0.251 e. The maximum atomic E-state index is 14.2. The molecule has 0 spiro atoms. The molecule has 1 aliphatic heterocycles. The number of aromatic nitrogens is 1. The van der Waals surface area contributed by atoms with Gasteiger partial charge in [0.15, 0.2) is 0 Å². The first-order chi connectivity index (χ1) is 14.2. The highest BCUT2D eigenvalue weighted by atomic mass is 19.1. The van der Waals surface area contributed by atoms with E-state index in [0.717, 1.165) is 35.4 Å². The second-order valence-electron chi connectivity index (χ2n) is 6.93. The number of carbonyl (C=O) groups is 1. The van der Waals surface area contributed by atoms with Crippen molar-refractivity contribution in [2.45, 2.75) is 12.8 Å². The van der Waals surface area contributed by atoms with Crippen LogP contribution in [-0.4, -0.2) is 30.6 Å². The molecule has 1 amide bonds. The smallest absolute Gasteiger partial charge is 0.251 e. The molecule has 6 heteroatoms. The predicted octanol–water partition coefficient (Wildman–Crippen LogP) is 4.05. The number of amides is 1. The maximum absolute atomic E-state index is 14.2. The summed E-state index contributed by atoms with van der Waals surface area (Å²) in [6.07, 6.45) is 5.06. The molecule has 5 nitrogen and oxygen atoms in total. The van der Waals surface area contributed by atoms with Crippen LogP contribution >= 0.6 is 0 Å². The molecule has 0 saturated heterocycles. The summed E-state index contributed by atoms with van der Waals surface area (Å²) in [7, 11) is 0. The average molecular weight is 391 g/mol. The minimum atomic E-state index is -0.428. The molecule has 4 rings (SSSR count). The second-order valence-corrected chi connectivity index (χ2v) is 6.93. The Labute approximate surface area is 168 Å². The highest BCUT2D eigenvalue weighted by Crippen LogP contribution is 2.31. The predicted molar refractivity (Wildman–Crippen MR) is 111 cm³/mol. The van der Waals surface area contributed by atoms with Gasteiger partial charge in [-0.1, -0.05) is 6.07 Å². The highest BCUT2D eigenvalue weighted by Gasteiger charge is 2.14. The van der Waals surface area contributed by atoms with E-state index < -0.39 is 5.82 Å². The topological polar surface area (TPSA) is 63.2 Å². The first-order valence-corrected chi connectivity index (χ1v) is 9.68. The van der Waals surface area contributed by atoms with Crippen LogP contribution in [0.15, 0.2) is 60.9 Å².